The minimum atomic E-state index is -3.67. The maximum atomic E-state index is 14.8. The summed E-state index contributed by atoms with van der Waals surface area (Å²) in [5, 5.41) is 30.5. The van der Waals surface area contributed by atoms with E-state index in [0.29, 0.717) is 57.8 Å². The number of H-pyrrole nitrogens is 3. The second kappa shape index (κ2) is 34.2. The van der Waals surface area contributed by atoms with Crippen molar-refractivity contribution < 1.29 is 76.1 Å². The molecule has 0 amide bonds. The molecular weight excluding hydrogens is 1520 g/mol. The van der Waals surface area contributed by atoms with E-state index in [1.807, 2.05) is 23.1 Å². The van der Waals surface area contributed by atoms with E-state index < -0.39 is 93.4 Å². The molecule has 10 rings (SSSR count). The van der Waals surface area contributed by atoms with Gasteiger partial charge in [-0.3, -0.25) is 23.7 Å². The molecule has 1 unspecified atom stereocenters. The van der Waals surface area contributed by atoms with Gasteiger partial charge in [0.25, 0.3) is 0 Å². The van der Waals surface area contributed by atoms with Gasteiger partial charge >= 0.3 is 5.97 Å². The molecule has 1 atom stereocenters. The van der Waals surface area contributed by atoms with Crippen LogP contribution in [-0.2, 0) is 46.7 Å². The van der Waals surface area contributed by atoms with E-state index in [-0.39, 0.29) is 68.0 Å². The molecule has 6 aromatic heterocycles. The average molecular weight is 1590 g/mol. The van der Waals surface area contributed by atoms with Crippen molar-refractivity contribution in [3.8, 4) is 0 Å². The quantitative estimate of drug-likeness (QED) is 0.0223. The molecule has 34 heteroatoms. The average Bonchev–Trinajstić information content (AvgIpc) is 1.69. The predicted octanol–water partition coefficient (Wildman–Crippen LogP) is 13.0. The van der Waals surface area contributed by atoms with E-state index in [1.54, 1.807) is 64.6 Å². The number of halogens is 7. The second-order valence-electron chi connectivity index (χ2n) is 20.3. The van der Waals surface area contributed by atoms with Crippen molar-refractivity contribution in [3.05, 3.63) is 204 Å². The number of pyridine rings is 3. The Hall–Kier alpha value is -7.83. The normalized spacial score (nSPS) is 11.8. The Kier molecular flexibility index (Phi) is 27.4. The number of aliphatic hydroxyl groups excluding tert-OH is 2. The number of aromatic amines is 3. The van der Waals surface area contributed by atoms with E-state index in [2.05, 4.69) is 91.9 Å². The maximum Gasteiger partial charge on any atom is 0.338 e. The van der Waals surface area contributed by atoms with Crippen LogP contribution in [0.25, 0.3) is 33.1 Å². The van der Waals surface area contributed by atoms with E-state index in [4.69, 9.17) is 10.2 Å². The number of ketones is 1. The van der Waals surface area contributed by atoms with Gasteiger partial charge in [-0.1, -0.05) is 64.1 Å². The minimum absolute atomic E-state index is 0.0254. The van der Waals surface area contributed by atoms with Crippen LogP contribution in [0, 0.1) is 23.3 Å². The number of carboxylic acids is 1. The Morgan fingerprint density at radius 1 is 0.495 bits per heavy atom. The number of aliphatic hydroxyl groups is 2. The third-order valence-electron chi connectivity index (χ3n) is 12.9. The van der Waals surface area contributed by atoms with E-state index in [9.17, 15) is 65.9 Å². The van der Waals surface area contributed by atoms with Gasteiger partial charge in [0, 0.05) is 89.0 Å². The van der Waals surface area contributed by atoms with E-state index >= 15 is 0 Å². The van der Waals surface area contributed by atoms with Gasteiger partial charge in [0.2, 0.25) is 40.1 Å². The highest BCUT2D eigenvalue weighted by molar-refractivity contribution is 9.11. The lowest BCUT2D eigenvalue weighted by Crippen LogP contribution is -2.18. The van der Waals surface area contributed by atoms with Crippen LogP contribution >= 0.6 is 47.8 Å². The fourth-order valence-corrected chi connectivity index (χ4v) is 14.3. The summed E-state index contributed by atoms with van der Waals surface area (Å²) in [6, 6.07) is 23.5. The van der Waals surface area contributed by atoms with Gasteiger partial charge in [0.15, 0.2) is 29.1 Å². The topological polar surface area (TPSA) is 366 Å². The molecule has 23 nitrogen and oxygen atoms in total. The number of carbonyl (C=O) groups is 2. The Morgan fingerprint density at radius 3 is 1.40 bits per heavy atom. The molecule has 10 N–H and O–H groups in total. The monoisotopic (exact) mass is 1580 g/mol. The van der Waals surface area contributed by atoms with Crippen LogP contribution in [0.2, 0.25) is 0 Å². The number of nitrogens with zero attached hydrogens (tertiary/aromatic N) is 3. The van der Waals surface area contributed by atoms with E-state index in [1.165, 1.54) is 72.9 Å². The highest BCUT2D eigenvalue weighted by Gasteiger charge is 2.25. The Bertz CT molecular complexity index is 4840. The number of carboxylic acid groups (broad SMARTS) is 1. The maximum absolute atomic E-state index is 14.8. The van der Waals surface area contributed by atoms with E-state index in [0.717, 1.165) is 26.0 Å². The summed E-state index contributed by atoms with van der Waals surface area (Å²) in [4.78, 5) is 44.7. The Balaban J connectivity index is 0.000000194. The van der Waals surface area contributed by atoms with Crippen molar-refractivity contribution in [1.29, 1.82) is 0 Å². The molecule has 6 heterocycles. The van der Waals surface area contributed by atoms with Crippen molar-refractivity contribution in [1.82, 2.24) is 29.9 Å². The molecule has 0 aliphatic carbocycles. The first-order valence-corrected chi connectivity index (χ1v) is 37.4. The van der Waals surface area contributed by atoms with Gasteiger partial charge in [0.05, 0.1) is 63.5 Å². The number of aromatic nitrogens is 6. The number of nitrogens with one attached hydrogen (secondary N) is 7. The lowest BCUT2D eigenvalue weighted by molar-refractivity contribution is 0.0691. The van der Waals surface area contributed by atoms with Crippen LogP contribution in [0.15, 0.2) is 148 Å². The highest BCUT2D eigenvalue weighted by atomic mass is 79.9. The SMILES string of the molecule is Brc1cnc2[nH]ccc2c1.CCCS(=O)(=O)Nc1cccc(C(=O)O)c1F.CCCS(=O)(=O)Nc1cccc(C(=O)c2c[nH]c3ncc(Br)cc23)c1F.CCCS(=O)(=O)Nc1cccc(C(O)c2c[nH]c3ncc(Br)cc23)c1F.CCCS(=O)(=O)Nc1cccc(CO)c1F. The van der Waals surface area contributed by atoms with Gasteiger partial charge in [-0.25, -0.2) is 71.0 Å². The van der Waals surface area contributed by atoms with Gasteiger partial charge in [-0.05, 0) is 134 Å². The molecule has 0 fully saturated rings. The van der Waals surface area contributed by atoms with Crippen LogP contribution in [0.5, 0.6) is 0 Å². The molecule has 0 aliphatic heterocycles. The minimum Gasteiger partial charge on any atom is -0.478 e. The van der Waals surface area contributed by atoms with Crippen LogP contribution in [-0.4, -0.2) is 114 Å². The van der Waals surface area contributed by atoms with Gasteiger partial charge < -0.3 is 30.3 Å². The van der Waals surface area contributed by atoms with Crippen molar-refractivity contribution in [3.63, 3.8) is 0 Å². The first kappa shape index (κ1) is 76.2. The summed E-state index contributed by atoms with van der Waals surface area (Å²) in [6.07, 6.45) is 10.2. The number of fused-ring (bicyclic) bond motifs is 3. The lowest BCUT2D eigenvalue weighted by atomic mass is 10.0. The molecule has 0 aliphatic rings. The number of aromatic carboxylic acids is 1. The number of sulfonamides is 4. The fraction of sp³-hybridized carbons (Fsp3) is 0.230. The zero-order chi connectivity index (χ0) is 70.0. The third-order valence-corrected chi connectivity index (χ3v) is 20.1. The Morgan fingerprint density at radius 2 is 0.905 bits per heavy atom. The molecular formula is C61H63Br3F4N10O13S4. The van der Waals surface area contributed by atoms with Crippen molar-refractivity contribution in [2.75, 3.05) is 41.9 Å². The molecule has 0 saturated heterocycles. The Labute approximate surface area is 569 Å². The molecule has 0 radical (unpaired) electrons. The zero-order valence-electron chi connectivity index (χ0n) is 50.7. The smallest absolute Gasteiger partial charge is 0.338 e. The fourth-order valence-electron chi connectivity index (χ4n) is 8.75. The summed E-state index contributed by atoms with van der Waals surface area (Å²) in [5.41, 5.74) is 1.03. The summed E-state index contributed by atoms with van der Waals surface area (Å²) in [5.74, 6) is -5.99. The number of hydrogen-bond donors (Lipinski definition) is 10. The molecule has 0 saturated carbocycles. The largest absolute Gasteiger partial charge is 0.478 e. The first-order valence-electron chi connectivity index (χ1n) is 28.4. The predicted molar refractivity (Wildman–Crippen MR) is 368 cm³/mol. The van der Waals surface area contributed by atoms with Crippen LogP contribution in [0.1, 0.15) is 102 Å². The molecule has 0 spiro atoms. The number of anilines is 4. The van der Waals surface area contributed by atoms with Crippen LogP contribution in [0.4, 0.5) is 40.3 Å². The summed E-state index contributed by atoms with van der Waals surface area (Å²) in [7, 11) is -14.4. The molecule has 508 valence electrons. The summed E-state index contributed by atoms with van der Waals surface area (Å²) in [6.45, 7) is 6.36. The van der Waals surface area contributed by atoms with Crippen molar-refractivity contribution in [2.45, 2.75) is 66.1 Å². The summed E-state index contributed by atoms with van der Waals surface area (Å²) >= 11 is 9.95. The number of benzene rings is 4. The van der Waals surface area contributed by atoms with Crippen LogP contribution in [0.3, 0.4) is 0 Å². The molecule has 4 aromatic carbocycles. The number of carbonyl (C=O) groups excluding carboxylic acids is 1. The summed E-state index contributed by atoms with van der Waals surface area (Å²) < 4.78 is 161. The van der Waals surface area contributed by atoms with Gasteiger partial charge in [-0.2, -0.15) is 0 Å². The zero-order valence-corrected chi connectivity index (χ0v) is 58.7. The number of rotatable bonds is 22. The van der Waals surface area contributed by atoms with Crippen molar-refractivity contribution in [2.24, 2.45) is 0 Å². The molecule has 0 bridgehead atoms. The lowest BCUT2D eigenvalue weighted by Gasteiger charge is -2.15. The first-order chi connectivity index (χ1) is 44.9. The van der Waals surface area contributed by atoms with Gasteiger partial charge in [-0.15, -0.1) is 0 Å². The second-order valence-corrected chi connectivity index (χ2v) is 30.4. The van der Waals surface area contributed by atoms with Crippen LogP contribution < -0.4 is 18.9 Å². The standard InChI is InChI=1S/C17H17BrFN3O3S.C17H15BrFN3O3S.C10H12FNO4S.C10H14FNO3S.C7H5BrN2/c2*1-2-6-26(24,25)22-14-5-3-4-11(15(14)19)16(23)13-9-21-17-12(13)7-10(18)8-20-17;1-2-6-17(15,16)12-8-5-3-4-7(9(8)11)10(13)14;1-2-6-16(14,15)12-9-5-3-4-8(7-13)10(9)11;8-6-3-5-1-2-9-7(5)10-4-6/h3-5,7-9,16,22-23H,2,6H2,1H3,(H,20,21);3-5,7-9,22H,2,6H2,1H3,(H,20,21);3-5,12H,2,6H2,1H3,(H,13,14);3-5,12-13H,2,6-7H2,1H3;1-4H,(H,9,10). The highest BCUT2D eigenvalue weighted by Crippen LogP contribution is 2.34. The molecule has 10 aromatic rings. The number of hydrogen-bond acceptors (Lipinski definition) is 15. The van der Waals surface area contributed by atoms with Crippen molar-refractivity contribution >= 4 is 155 Å². The molecule has 95 heavy (non-hydrogen) atoms. The van der Waals surface area contributed by atoms with Gasteiger partial charge in [0.1, 0.15) is 23.0 Å². The third kappa shape index (κ3) is 21.3.